The summed E-state index contributed by atoms with van der Waals surface area (Å²) in [6.45, 7) is 1.89. The number of rotatable bonds is 2. The van der Waals surface area contributed by atoms with Gasteiger partial charge in [-0.3, -0.25) is 4.98 Å². The summed E-state index contributed by atoms with van der Waals surface area (Å²) in [5, 5.41) is 26.3. The molecule has 0 fully saturated rings. The lowest BCUT2D eigenvalue weighted by atomic mass is 9.81. The van der Waals surface area contributed by atoms with Crippen molar-refractivity contribution in [1.29, 1.82) is 5.26 Å². The average molecular weight is 176 g/mol. The first-order valence-electron chi connectivity index (χ1n) is 3.94. The predicted molar refractivity (Wildman–Crippen MR) is 48.2 cm³/mol. The van der Waals surface area contributed by atoms with Gasteiger partial charge in [-0.2, -0.15) is 5.26 Å². The maximum atomic E-state index is 8.81. The Labute approximate surface area is 76.6 Å². The first-order chi connectivity index (χ1) is 6.19. The first kappa shape index (κ1) is 9.71. The zero-order valence-corrected chi connectivity index (χ0v) is 7.23. The molecule has 0 atom stereocenters. The minimum atomic E-state index is -1.56. The molecule has 0 aromatic carbocycles. The van der Waals surface area contributed by atoms with Gasteiger partial charge in [-0.25, -0.2) is 0 Å². The van der Waals surface area contributed by atoms with E-state index in [1.54, 1.807) is 0 Å². The molecule has 5 heteroatoms. The Morgan fingerprint density at radius 3 is 2.77 bits per heavy atom. The van der Waals surface area contributed by atoms with E-state index >= 15 is 0 Å². The number of nitriles is 1. The van der Waals surface area contributed by atoms with E-state index in [0.29, 0.717) is 17.7 Å². The van der Waals surface area contributed by atoms with Crippen molar-refractivity contribution in [3.63, 3.8) is 0 Å². The normalized spacial score (nSPS) is 9.38. The van der Waals surface area contributed by atoms with Crippen LogP contribution in [0.4, 0.5) is 0 Å². The van der Waals surface area contributed by atoms with Crippen molar-refractivity contribution in [2.45, 2.75) is 13.3 Å². The average Bonchev–Trinajstić information content (AvgIpc) is 2.16. The zero-order chi connectivity index (χ0) is 9.84. The minimum Gasteiger partial charge on any atom is -0.423 e. The maximum absolute atomic E-state index is 8.81. The van der Waals surface area contributed by atoms with Crippen molar-refractivity contribution in [2.75, 3.05) is 0 Å². The molecule has 1 aromatic heterocycles. The van der Waals surface area contributed by atoms with Gasteiger partial charge in [-0.05, 0) is 12.5 Å². The molecule has 0 amide bonds. The standard InChI is InChI=1S/C8H9BN2O2/c1-2-8-6(4-10)3-7(5-11-8)9(12)13/h3,5,12-13H,2H2,1H3. The van der Waals surface area contributed by atoms with E-state index in [1.807, 2.05) is 13.0 Å². The Morgan fingerprint density at radius 1 is 1.62 bits per heavy atom. The van der Waals surface area contributed by atoms with Crippen LogP contribution in [0.1, 0.15) is 18.2 Å². The van der Waals surface area contributed by atoms with Crippen molar-refractivity contribution in [3.05, 3.63) is 23.5 Å². The van der Waals surface area contributed by atoms with Gasteiger partial charge in [0.15, 0.2) is 0 Å². The second-order valence-corrected chi connectivity index (χ2v) is 2.60. The SMILES string of the molecule is CCc1ncc(B(O)O)cc1C#N. The number of aromatic nitrogens is 1. The highest BCUT2D eigenvalue weighted by Crippen LogP contribution is 2.02. The number of pyridine rings is 1. The molecule has 1 aromatic rings. The fourth-order valence-corrected chi connectivity index (χ4v) is 1.03. The Kier molecular flexibility index (Phi) is 3.01. The Morgan fingerprint density at radius 2 is 2.31 bits per heavy atom. The first-order valence-corrected chi connectivity index (χ1v) is 3.94. The van der Waals surface area contributed by atoms with Crippen LogP contribution in [0.25, 0.3) is 0 Å². The summed E-state index contributed by atoms with van der Waals surface area (Å²) >= 11 is 0. The molecule has 13 heavy (non-hydrogen) atoms. The van der Waals surface area contributed by atoms with Crippen LogP contribution in [0.15, 0.2) is 12.3 Å². The van der Waals surface area contributed by atoms with E-state index in [2.05, 4.69) is 4.98 Å². The van der Waals surface area contributed by atoms with Crippen LogP contribution >= 0.6 is 0 Å². The number of hydrogen-bond acceptors (Lipinski definition) is 4. The largest absolute Gasteiger partial charge is 0.490 e. The third-order valence-corrected chi connectivity index (χ3v) is 1.74. The molecule has 0 spiro atoms. The Balaban J connectivity index is 3.15. The van der Waals surface area contributed by atoms with Gasteiger partial charge in [0, 0.05) is 11.7 Å². The van der Waals surface area contributed by atoms with Crippen LogP contribution in [0.2, 0.25) is 0 Å². The zero-order valence-electron chi connectivity index (χ0n) is 7.23. The van der Waals surface area contributed by atoms with Crippen molar-refractivity contribution >= 4 is 12.6 Å². The molecule has 4 nitrogen and oxygen atoms in total. The molecule has 0 bridgehead atoms. The summed E-state index contributed by atoms with van der Waals surface area (Å²) in [5.74, 6) is 0. The van der Waals surface area contributed by atoms with Gasteiger partial charge in [0.25, 0.3) is 0 Å². The summed E-state index contributed by atoms with van der Waals surface area (Å²) in [5.41, 5.74) is 1.31. The molecule has 0 saturated carbocycles. The van der Waals surface area contributed by atoms with Crippen molar-refractivity contribution < 1.29 is 10.0 Å². The number of nitrogens with zero attached hydrogens (tertiary/aromatic N) is 2. The number of hydrogen-bond donors (Lipinski definition) is 2. The van der Waals surface area contributed by atoms with E-state index in [0.717, 1.165) is 0 Å². The smallest absolute Gasteiger partial charge is 0.423 e. The van der Waals surface area contributed by atoms with Gasteiger partial charge in [0.1, 0.15) is 6.07 Å². The van der Waals surface area contributed by atoms with E-state index in [4.69, 9.17) is 15.3 Å². The quantitative estimate of drug-likeness (QED) is 0.578. The van der Waals surface area contributed by atoms with Crippen molar-refractivity contribution in [3.8, 4) is 6.07 Å². The highest BCUT2D eigenvalue weighted by Gasteiger charge is 2.13. The Bertz CT molecular complexity index is 346. The molecule has 2 N–H and O–H groups in total. The van der Waals surface area contributed by atoms with Gasteiger partial charge in [-0.15, -0.1) is 0 Å². The van der Waals surface area contributed by atoms with Crippen molar-refractivity contribution in [2.24, 2.45) is 0 Å². The van der Waals surface area contributed by atoms with Gasteiger partial charge in [0.05, 0.1) is 11.3 Å². The highest BCUT2D eigenvalue weighted by molar-refractivity contribution is 6.58. The second kappa shape index (κ2) is 4.03. The van der Waals surface area contributed by atoms with Crippen LogP contribution in [0, 0.1) is 11.3 Å². The predicted octanol–water partition coefficient (Wildman–Crippen LogP) is -0.805. The molecule has 0 aliphatic carbocycles. The summed E-state index contributed by atoms with van der Waals surface area (Å²) < 4.78 is 0. The van der Waals surface area contributed by atoms with E-state index in [9.17, 15) is 0 Å². The molecule has 66 valence electrons. The van der Waals surface area contributed by atoms with Gasteiger partial charge in [0.2, 0.25) is 0 Å². The van der Waals surface area contributed by atoms with Gasteiger partial charge in [-0.1, -0.05) is 6.92 Å². The van der Waals surface area contributed by atoms with Crippen LogP contribution in [-0.2, 0) is 6.42 Å². The summed E-state index contributed by atoms with van der Waals surface area (Å²) in [7, 11) is -1.56. The molecule has 0 saturated heterocycles. The second-order valence-electron chi connectivity index (χ2n) is 2.60. The van der Waals surface area contributed by atoms with Gasteiger partial charge >= 0.3 is 7.12 Å². The summed E-state index contributed by atoms with van der Waals surface area (Å²) in [4.78, 5) is 3.95. The van der Waals surface area contributed by atoms with E-state index < -0.39 is 7.12 Å². The fourth-order valence-electron chi connectivity index (χ4n) is 1.03. The molecule has 0 radical (unpaired) electrons. The van der Waals surface area contributed by atoms with Crippen LogP contribution < -0.4 is 5.46 Å². The lowest BCUT2D eigenvalue weighted by Gasteiger charge is -2.02. The molecule has 0 aliphatic heterocycles. The van der Waals surface area contributed by atoms with Crippen LogP contribution in [0.5, 0.6) is 0 Å². The fraction of sp³-hybridized carbons (Fsp3) is 0.250. The molecular formula is C8H9BN2O2. The van der Waals surface area contributed by atoms with Crippen LogP contribution in [-0.4, -0.2) is 22.2 Å². The number of aryl methyl sites for hydroxylation is 1. The summed E-state index contributed by atoms with van der Waals surface area (Å²) in [6.07, 6.45) is 2.02. The molecular weight excluding hydrogens is 167 g/mol. The highest BCUT2D eigenvalue weighted by atomic mass is 16.4. The topological polar surface area (TPSA) is 77.1 Å². The third-order valence-electron chi connectivity index (χ3n) is 1.74. The van der Waals surface area contributed by atoms with Crippen molar-refractivity contribution in [1.82, 2.24) is 4.98 Å². The van der Waals surface area contributed by atoms with E-state index in [1.165, 1.54) is 12.3 Å². The maximum Gasteiger partial charge on any atom is 0.490 e. The Hall–Kier alpha value is -1.38. The summed E-state index contributed by atoms with van der Waals surface area (Å²) in [6, 6.07) is 3.40. The molecule has 0 aliphatic rings. The monoisotopic (exact) mass is 176 g/mol. The molecule has 0 unspecified atom stereocenters. The third kappa shape index (κ3) is 2.05. The molecule has 1 heterocycles. The lowest BCUT2D eigenvalue weighted by molar-refractivity contribution is 0.425. The molecule has 1 rings (SSSR count). The van der Waals surface area contributed by atoms with Gasteiger partial charge < -0.3 is 10.0 Å². The lowest BCUT2D eigenvalue weighted by Crippen LogP contribution is -2.30. The van der Waals surface area contributed by atoms with E-state index in [-0.39, 0.29) is 5.46 Å². The minimum absolute atomic E-state index is 0.244. The van der Waals surface area contributed by atoms with Crippen LogP contribution in [0.3, 0.4) is 0 Å².